The van der Waals surface area contributed by atoms with Gasteiger partial charge in [-0.25, -0.2) is 0 Å². The second kappa shape index (κ2) is 8.15. The van der Waals surface area contributed by atoms with Gasteiger partial charge >= 0.3 is 0 Å². The van der Waals surface area contributed by atoms with Gasteiger partial charge in [0.15, 0.2) is 10.9 Å². The molecule has 2 heterocycles. The Bertz CT molecular complexity index is 783. The average Bonchev–Trinajstić information content (AvgIpc) is 2.94. The van der Waals surface area contributed by atoms with Crippen LogP contribution in [0.15, 0.2) is 59.6 Å². The zero-order valence-electron chi connectivity index (χ0n) is 15.0. The molecule has 0 aliphatic carbocycles. The summed E-state index contributed by atoms with van der Waals surface area (Å²) in [7, 11) is 0. The Labute approximate surface area is 170 Å². The fraction of sp³-hybridized carbons (Fsp3) is 0.381. The van der Waals surface area contributed by atoms with E-state index in [1.165, 1.54) is 5.56 Å². The molecule has 2 unspecified atom stereocenters. The lowest BCUT2D eigenvalue weighted by molar-refractivity contribution is -0.0739. The number of aryl methyl sites for hydroxylation is 2. The Morgan fingerprint density at radius 2 is 1.88 bits per heavy atom. The summed E-state index contributed by atoms with van der Waals surface area (Å²) in [5.41, 5.74) is 2.51. The predicted molar refractivity (Wildman–Crippen MR) is 115 cm³/mol. The van der Waals surface area contributed by atoms with E-state index in [-0.39, 0.29) is 22.2 Å². The summed E-state index contributed by atoms with van der Waals surface area (Å²) in [6.07, 6.45) is 2.90. The Morgan fingerprint density at radius 1 is 1.15 bits per heavy atom. The quantitative estimate of drug-likeness (QED) is 0.770. The molecule has 0 bridgehead atoms. The van der Waals surface area contributed by atoms with Crippen molar-refractivity contribution in [2.45, 2.75) is 37.2 Å². The summed E-state index contributed by atoms with van der Waals surface area (Å²) >= 11 is 1.75. The maximum Gasteiger partial charge on any atom is 0.178 e. The van der Waals surface area contributed by atoms with Crippen LogP contribution in [0.3, 0.4) is 0 Å². The maximum atomic E-state index is 11.9. The number of nitrogens with zero attached hydrogens (tertiary/aromatic N) is 2. The first kappa shape index (κ1) is 19.5. The van der Waals surface area contributed by atoms with Gasteiger partial charge in [0, 0.05) is 18.7 Å². The van der Waals surface area contributed by atoms with Gasteiger partial charge in [-0.3, -0.25) is 4.99 Å². The number of fused-ring (bicyclic) bond motifs is 1. The predicted octanol–water partition coefficient (Wildman–Crippen LogP) is 4.53. The molecule has 0 radical (unpaired) electrons. The van der Waals surface area contributed by atoms with Crippen molar-refractivity contribution >= 4 is 33.9 Å². The minimum absolute atomic E-state index is 0. The van der Waals surface area contributed by atoms with Crippen LogP contribution < -0.4 is 0 Å². The molecule has 0 aromatic heterocycles. The van der Waals surface area contributed by atoms with Gasteiger partial charge in [0.1, 0.15) is 0 Å². The number of aliphatic hydroxyl groups is 1. The van der Waals surface area contributed by atoms with Crippen molar-refractivity contribution in [3.63, 3.8) is 0 Å². The monoisotopic (exact) mass is 432 g/mol. The summed E-state index contributed by atoms with van der Waals surface area (Å²) < 4.78 is 0. The molecule has 2 aromatic carbocycles. The highest BCUT2D eigenvalue weighted by Crippen LogP contribution is 2.48. The molecule has 1 N–H and O–H groups in total. The van der Waals surface area contributed by atoms with Gasteiger partial charge in [-0.05, 0) is 37.3 Å². The maximum absolute atomic E-state index is 11.9. The number of hydrogen-bond acceptors (Lipinski definition) is 4. The lowest BCUT2D eigenvalue weighted by Crippen LogP contribution is -2.50. The molecule has 2 aliphatic heterocycles. The molecule has 4 rings (SSSR count). The minimum Gasteiger partial charge on any atom is -0.366 e. The van der Waals surface area contributed by atoms with Crippen molar-refractivity contribution in [1.29, 1.82) is 0 Å². The average molecular weight is 433 g/mol. The van der Waals surface area contributed by atoms with E-state index in [2.05, 4.69) is 48.2 Å². The number of hydrogen-bond donors (Lipinski definition) is 1. The van der Waals surface area contributed by atoms with Gasteiger partial charge < -0.3 is 10.0 Å². The van der Waals surface area contributed by atoms with E-state index in [1.807, 2.05) is 18.2 Å². The molecule has 3 nitrogen and oxygen atoms in total. The summed E-state index contributed by atoms with van der Waals surface area (Å²) in [6.45, 7) is 3.83. The second-order valence-corrected chi connectivity index (χ2v) is 8.01. The number of amidine groups is 1. The van der Waals surface area contributed by atoms with Crippen LogP contribution in [-0.4, -0.2) is 33.5 Å². The fourth-order valence-corrected chi connectivity index (χ4v) is 5.32. The van der Waals surface area contributed by atoms with Crippen molar-refractivity contribution in [3.8, 4) is 0 Å². The highest BCUT2D eigenvalue weighted by Gasteiger charge is 2.53. The van der Waals surface area contributed by atoms with Gasteiger partial charge in [-0.2, -0.15) is 0 Å². The van der Waals surface area contributed by atoms with Crippen molar-refractivity contribution in [1.82, 2.24) is 4.90 Å². The lowest BCUT2D eigenvalue weighted by Gasteiger charge is -2.40. The molecule has 1 fully saturated rings. The van der Waals surface area contributed by atoms with Gasteiger partial charge in [-0.15, -0.1) is 17.0 Å². The molecule has 0 amide bonds. The van der Waals surface area contributed by atoms with E-state index < -0.39 is 5.72 Å². The van der Waals surface area contributed by atoms with Crippen LogP contribution >= 0.6 is 28.7 Å². The molecule has 2 aliphatic rings. The molecule has 5 heteroatoms. The normalized spacial score (nSPS) is 24.6. The van der Waals surface area contributed by atoms with E-state index in [9.17, 15) is 5.11 Å². The molecule has 0 saturated carbocycles. The van der Waals surface area contributed by atoms with E-state index in [1.54, 1.807) is 11.8 Å². The van der Waals surface area contributed by atoms with Gasteiger partial charge in [0.05, 0.1) is 5.25 Å². The van der Waals surface area contributed by atoms with Crippen LogP contribution in [0.2, 0.25) is 0 Å². The van der Waals surface area contributed by atoms with Crippen LogP contribution in [0.5, 0.6) is 0 Å². The summed E-state index contributed by atoms with van der Waals surface area (Å²) in [6, 6.07) is 18.8. The van der Waals surface area contributed by atoms with E-state index in [4.69, 9.17) is 4.99 Å². The van der Waals surface area contributed by atoms with Crippen LogP contribution in [0.1, 0.15) is 29.5 Å². The van der Waals surface area contributed by atoms with E-state index in [0.717, 1.165) is 48.6 Å². The van der Waals surface area contributed by atoms with Crippen LogP contribution in [0.4, 0.5) is 0 Å². The highest BCUT2D eigenvalue weighted by atomic mass is 79.9. The van der Waals surface area contributed by atoms with Crippen molar-refractivity contribution in [3.05, 3.63) is 71.3 Å². The number of aliphatic imine (C=N–C) groups is 1. The third kappa shape index (κ3) is 3.45. The Kier molecular flexibility index (Phi) is 6.10. The number of rotatable bonds is 4. The van der Waals surface area contributed by atoms with Crippen molar-refractivity contribution in [2.75, 3.05) is 13.1 Å². The minimum atomic E-state index is -0.968. The molecule has 2 aromatic rings. The Balaban J connectivity index is 0.00000196. The SMILES string of the molecule is Br.Cc1ccccc1C1(O)C(CCc2ccccc2)SC2=NCCCN21. The number of thioether (sulfide) groups is 1. The topological polar surface area (TPSA) is 35.8 Å². The third-order valence-corrected chi connectivity index (χ3v) is 6.61. The highest BCUT2D eigenvalue weighted by molar-refractivity contribution is 8.93. The Morgan fingerprint density at radius 3 is 2.65 bits per heavy atom. The van der Waals surface area contributed by atoms with Crippen LogP contribution in [0.25, 0.3) is 0 Å². The molecular weight excluding hydrogens is 408 g/mol. The van der Waals surface area contributed by atoms with E-state index >= 15 is 0 Å². The van der Waals surface area contributed by atoms with Gasteiger partial charge in [-0.1, -0.05) is 66.4 Å². The number of halogens is 1. The van der Waals surface area contributed by atoms with Crippen molar-refractivity contribution < 1.29 is 5.11 Å². The second-order valence-electron chi connectivity index (χ2n) is 6.84. The molecule has 2 atom stereocenters. The van der Waals surface area contributed by atoms with Gasteiger partial charge in [0.25, 0.3) is 0 Å². The standard InChI is InChI=1S/C21H24N2OS.BrH/c1-16-8-5-6-11-18(16)21(24)19(13-12-17-9-3-2-4-10-17)25-20-22-14-7-15-23(20)21;/h2-6,8-11,19,24H,7,12-15H2,1H3;1H. The first-order valence-electron chi connectivity index (χ1n) is 9.01. The first-order valence-corrected chi connectivity index (χ1v) is 9.88. The van der Waals surface area contributed by atoms with Gasteiger partial charge in [0.2, 0.25) is 0 Å². The molecule has 0 spiro atoms. The third-order valence-electron chi connectivity index (χ3n) is 5.21. The fourth-order valence-electron chi connectivity index (χ4n) is 3.89. The largest absolute Gasteiger partial charge is 0.366 e. The smallest absolute Gasteiger partial charge is 0.178 e. The molecule has 26 heavy (non-hydrogen) atoms. The zero-order valence-corrected chi connectivity index (χ0v) is 17.5. The Hall–Kier alpha value is -1.30. The summed E-state index contributed by atoms with van der Waals surface area (Å²) in [4.78, 5) is 6.83. The molecule has 1 saturated heterocycles. The van der Waals surface area contributed by atoms with Crippen LogP contribution in [0, 0.1) is 6.92 Å². The van der Waals surface area contributed by atoms with Crippen LogP contribution in [-0.2, 0) is 12.1 Å². The summed E-state index contributed by atoms with van der Waals surface area (Å²) in [5.74, 6) is 0. The first-order chi connectivity index (χ1) is 12.2. The number of benzene rings is 2. The molecule has 138 valence electrons. The lowest BCUT2D eigenvalue weighted by atomic mass is 9.90. The van der Waals surface area contributed by atoms with E-state index in [0.29, 0.717) is 0 Å². The van der Waals surface area contributed by atoms with Crippen molar-refractivity contribution in [2.24, 2.45) is 4.99 Å². The summed E-state index contributed by atoms with van der Waals surface area (Å²) in [5, 5.41) is 13.0. The molecular formula is C21H25BrN2OS. The zero-order chi connectivity index (χ0) is 17.3.